The van der Waals surface area contributed by atoms with E-state index < -0.39 is 12.1 Å². The molecule has 184 valence electrons. The number of carboxylic acid groups (broad SMARTS) is 1. The van der Waals surface area contributed by atoms with Crippen molar-refractivity contribution in [1.29, 1.82) is 0 Å². The van der Waals surface area contributed by atoms with Crippen molar-refractivity contribution in [3.05, 3.63) is 35.9 Å². The van der Waals surface area contributed by atoms with Gasteiger partial charge in [0.25, 0.3) is 0 Å². The highest BCUT2D eigenvalue weighted by Crippen LogP contribution is 2.40. The number of likely N-dealkylation sites (tertiary alicyclic amines) is 1. The highest BCUT2D eigenvalue weighted by atomic mass is 16.4. The Morgan fingerprint density at radius 2 is 1.79 bits per heavy atom. The third kappa shape index (κ3) is 7.52. The number of carbonyl (C=O) groups is 2. The Hall–Kier alpha value is -1.96. The monoisotopic (exact) mass is 459 g/mol. The molecule has 1 amide bonds. The van der Waals surface area contributed by atoms with Crippen molar-refractivity contribution in [2.75, 3.05) is 19.6 Å². The molecule has 1 saturated heterocycles. The van der Waals surface area contributed by atoms with Crippen molar-refractivity contribution < 1.29 is 19.8 Å². The zero-order valence-electron chi connectivity index (χ0n) is 20.3. The standard InChI is InChI=1S/C26H41N3O4/c1-26(2,3)28-25(33)22-14-19-11-7-8-12-20(19)17-29(22)21(13-18-9-5-4-6-10-18)23(30)15-27-16-24(31)32/h4-6,9-10,19-23,27,30H,7-8,11-17H2,1-3H3,(H,28,33)(H,31,32). The van der Waals surface area contributed by atoms with Crippen molar-refractivity contribution >= 4 is 11.9 Å². The van der Waals surface area contributed by atoms with Gasteiger partial charge in [-0.3, -0.25) is 14.5 Å². The summed E-state index contributed by atoms with van der Waals surface area (Å²) in [6.45, 7) is 6.74. The number of nitrogens with zero attached hydrogens (tertiary/aromatic N) is 1. The fourth-order valence-electron chi connectivity index (χ4n) is 5.53. The van der Waals surface area contributed by atoms with Gasteiger partial charge < -0.3 is 20.8 Å². The summed E-state index contributed by atoms with van der Waals surface area (Å²) in [6, 6.07) is 9.44. The normalized spacial score (nSPS) is 25.6. The van der Waals surface area contributed by atoms with Gasteiger partial charge in [-0.15, -0.1) is 0 Å². The zero-order valence-corrected chi connectivity index (χ0v) is 20.3. The van der Waals surface area contributed by atoms with E-state index in [4.69, 9.17) is 5.11 Å². The van der Waals surface area contributed by atoms with Gasteiger partial charge in [-0.1, -0.05) is 49.6 Å². The number of aliphatic hydroxyl groups is 1. The number of piperidine rings is 1. The number of rotatable bonds is 9. The highest BCUT2D eigenvalue weighted by Gasteiger charge is 2.44. The van der Waals surface area contributed by atoms with Gasteiger partial charge >= 0.3 is 5.97 Å². The van der Waals surface area contributed by atoms with Crippen LogP contribution in [0.1, 0.15) is 58.4 Å². The first-order chi connectivity index (χ1) is 15.6. The number of carbonyl (C=O) groups excluding carboxylic acids is 1. The number of aliphatic hydroxyl groups excluding tert-OH is 1. The number of benzene rings is 1. The van der Waals surface area contributed by atoms with E-state index in [-0.39, 0.29) is 36.6 Å². The molecule has 1 heterocycles. The van der Waals surface area contributed by atoms with Crippen molar-refractivity contribution in [2.45, 2.75) is 83.0 Å². The minimum Gasteiger partial charge on any atom is -0.480 e. The Morgan fingerprint density at radius 3 is 2.42 bits per heavy atom. The third-order valence-electron chi connectivity index (χ3n) is 7.03. The van der Waals surface area contributed by atoms with Gasteiger partial charge in [-0.05, 0) is 57.4 Å². The van der Waals surface area contributed by atoms with E-state index in [9.17, 15) is 14.7 Å². The van der Waals surface area contributed by atoms with E-state index in [2.05, 4.69) is 15.5 Å². The molecule has 4 N–H and O–H groups in total. The molecule has 1 aromatic rings. The van der Waals surface area contributed by atoms with Gasteiger partial charge in [-0.25, -0.2) is 0 Å². The average molecular weight is 460 g/mol. The van der Waals surface area contributed by atoms with Crippen LogP contribution in [0, 0.1) is 11.8 Å². The molecular formula is C26H41N3O4. The van der Waals surface area contributed by atoms with Crippen LogP contribution in [-0.4, -0.2) is 70.4 Å². The number of carboxylic acids is 1. The second kappa shape index (κ2) is 11.4. The average Bonchev–Trinajstić information content (AvgIpc) is 2.76. The molecule has 1 aliphatic heterocycles. The summed E-state index contributed by atoms with van der Waals surface area (Å²) in [5.41, 5.74) is 0.767. The second-order valence-corrected chi connectivity index (χ2v) is 10.8. The van der Waals surface area contributed by atoms with Gasteiger partial charge in [0, 0.05) is 24.7 Å². The van der Waals surface area contributed by atoms with Crippen LogP contribution < -0.4 is 10.6 Å². The molecule has 2 aliphatic rings. The van der Waals surface area contributed by atoms with Gasteiger partial charge in [-0.2, -0.15) is 0 Å². The van der Waals surface area contributed by atoms with Crippen LogP contribution in [0.25, 0.3) is 0 Å². The SMILES string of the molecule is CC(C)(C)NC(=O)C1CC2CCCCC2CN1C(Cc1ccccc1)C(O)CNCC(=O)O. The molecule has 1 aliphatic carbocycles. The molecule has 0 bridgehead atoms. The first-order valence-corrected chi connectivity index (χ1v) is 12.4. The minimum atomic E-state index is -0.952. The first kappa shape index (κ1) is 25.7. The van der Waals surface area contributed by atoms with E-state index in [1.54, 1.807) is 0 Å². The van der Waals surface area contributed by atoms with E-state index >= 15 is 0 Å². The molecule has 1 saturated carbocycles. The zero-order chi connectivity index (χ0) is 24.0. The highest BCUT2D eigenvalue weighted by molar-refractivity contribution is 5.82. The lowest BCUT2D eigenvalue weighted by Gasteiger charge is -2.50. The van der Waals surface area contributed by atoms with Crippen LogP contribution in [0.15, 0.2) is 30.3 Å². The summed E-state index contributed by atoms with van der Waals surface area (Å²) in [7, 11) is 0. The van der Waals surface area contributed by atoms with Crippen molar-refractivity contribution in [1.82, 2.24) is 15.5 Å². The fraction of sp³-hybridized carbons (Fsp3) is 0.692. The van der Waals surface area contributed by atoms with Crippen molar-refractivity contribution in [2.24, 2.45) is 11.8 Å². The number of fused-ring (bicyclic) bond motifs is 1. The first-order valence-electron chi connectivity index (χ1n) is 12.4. The predicted octanol–water partition coefficient (Wildman–Crippen LogP) is 2.43. The van der Waals surface area contributed by atoms with E-state index in [0.717, 1.165) is 18.5 Å². The molecule has 5 unspecified atom stereocenters. The summed E-state index contributed by atoms with van der Waals surface area (Å²) in [6.07, 6.45) is 5.41. The maximum Gasteiger partial charge on any atom is 0.317 e. The molecule has 0 aromatic heterocycles. The van der Waals surface area contributed by atoms with Crippen molar-refractivity contribution in [3.8, 4) is 0 Å². The molecule has 1 aromatic carbocycles. The third-order valence-corrected chi connectivity index (χ3v) is 7.03. The molecule has 7 nitrogen and oxygen atoms in total. The lowest BCUT2D eigenvalue weighted by Crippen LogP contribution is -2.63. The molecule has 0 spiro atoms. The molecule has 3 rings (SSSR count). The van der Waals surface area contributed by atoms with E-state index in [1.807, 2.05) is 51.1 Å². The van der Waals surface area contributed by atoms with Gasteiger partial charge in [0.15, 0.2) is 0 Å². The van der Waals surface area contributed by atoms with Gasteiger partial charge in [0.05, 0.1) is 18.7 Å². The quantitative estimate of drug-likeness (QED) is 0.452. The van der Waals surface area contributed by atoms with Gasteiger partial charge in [0.2, 0.25) is 5.91 Å². The molecular weight excluding hydrogens is 418 g/mol. The maximum absolute atomic E-state index is 13.5. The summed E-state index contributed by atoms with van der Waals surface area (Å²) in [5, 5.41) is 26.3. The second-order valence-electron chi connectivity index (χ2n) is 10.8. The smallest absolute Gasteiger partial charge is 0.317 e. The van der Waals surface area contributed by atoms with Crippen LogP contribution in [0.5, 0.6) is 0 Å². The Kier molecular flexibility index (Phi) is 8.90. The minimum absolute atomic E-state index is 0.0234. The Bertz CT molecular complexity index is 779. The Balaban J connectivity index is 1.87. The van der Waals surface area contributed by atoms with Crippen LogP contribution in [-0.2, 0) is 16.0 Å². The lowest BCUT2D eigenvalue weighted by molar-refractivity contribution is -0.136. The van der Waals surface area contributed by atoms with E-state index in [0.29, 0.717) is 18.3 Å². The number of hydrogen-bond donors (Lipinski definition) is 4. The maximum atomic E-state index is 13.5. The summed E-state index contributed by atoms with van der Waals surface area (Å²) < 4.78 is 0. The van der Waals surface area contributed by atoms with Crippen molar-refractivity contribution in [3.63, 3.8) is 0 Å². The lowest BCUT2D eigenvalue weighted by atomic mass is 9.72. The summed E-state index contributed by atoms with van der Waals surface area (Å²) in [4.78, 5) is 26.7. The molecule has 7 heteroatoms. The summed E-state index contributed by atoms with van der Waals surface area (Å²) in [5.74, 6) is 0.155. The predicted molar refractivity (Wildman–Crippen MR) is 129 cm³/mol. The van der Waals surface area contributed by atoms with Crippen LogP contribution in [0.4, 0.5) is 0 Å². The van der Waals surface area contributed by atoms with Crippen LogP contribution >= 0.6 is 0 Å². The number of hydrogen-bond acceptors (Lipinski definition) is 5. The van der Waals surface area contributed by atoms with Gasteiger partial charge in [0.1, 0.15) is 0 Å². The molecule has 33 heavy (non-hydrogen) atoms. The number of nitrogens with one attached hydrogen (secondary N) is 2. The topological polar surface area (TPSA) is 102 Å². The molecule has 2 fully saturated rings. The largest absolute Gasteiger partial charge is 0.480 e. The van der Waals surface area contributed by atoms with E-state index in [1.165, 1.54) is 25.7 Å². The summed E-state index contributed by atoms with van der Waals surface area (Å²) >= 11 is 0. The van der Waals surface area contributed by atoms with Crippen LogP contribution in [0.2, 0.25) is 0 Å². The Labute approximate surface area is 197 Å². The Morgan fingerprint density at radius 1 is 1.12 bits per heavy atom. The number of aliphatic carboxylic acids is 1. The van der Waals surface area contributed by atoms with Crippen LogP contribution in [0.3, 0.4) is 0 Å². The molecule has 0 radical (unpaired) electrons. The molecule has 5 atom stereocenters. The number of amides is 1. The fourth-order valence-corrected chi connectivity index (χ4v) is 5.53.